The molecule has 1 aliphatic rings. The zero-order valence-electron chi connectivity index (χ0n) is 10.2. The Morgan fingerprint density at radius 2 is 2.20 bits per heavy atom. The van der Waals surface area contributed by atoms with Crippen molar-refractivity contribution in [1.82, 2.24) is 10.2 Å². The van der Waals surface area contributed by atoms with E-state index in [9.17, 15) is 0 Å². The third-order valence-corrected chi connectivity index (χ3v) is 3.46. The lowest BCUT2D eigenvalue weighted by Crippen LogP contribution is -2.58. The van der Waals surface area contributed by atoms with Gasteiger partial charge in [-0.05, 0) is 19.8 Å². The molecule has 3 heteroatoms. The molecule has 1 saturated heterocycles. The second kappa shape index (κ2) is 6.09. The highest BCUT2D eigenvalue weighted by molar-refractivity contribution is 4.90. The maximum absolute atomic E-state index is 8.76. The van der Waals surface area contributed by atoms with Crippen molar-refractivity contribution < 1.29 is 0 Å². The van der Waals surface area contributed by atoms with Crippen LogP contribution in [0.2, 0.25) is 0 Å². The summed E-state index contributed by atoms with van der Waals surface area (Å²) >= 11 is 0. The van der Waals surface area contributed by atoms with Crippen molar-refractivity contribution in [1.29, 1.82) is 5.26 Å². The van der Waals surface area contributed by atoms with Crippen LogP contribution in [-0.4, -0.2) is 36.1 Å². The molecule has 1 rings (SSSR count). The van der Waals surface area contributed by atoms with Gasteiger partial charge in [-0.1, -0.05) is 13.8 Å². The van der Waals surface area contributed by atoms with E-state index in [1.54, 1.807) is 0 Å². The average molecular weight is 209 g/mol. The Balaban J connectivity index is 2.58. The number of rotatable bonds is 4. The second-order valence-electron chi connectivity index (χ2n) is 4.48. The van der Waals surface area contributed by atoms with Gasteiger partial charge in [0.15, 0.2) is 0 Å². The summed E-state index contributed by atoms with van der Waals surface area (Å²) < 4.78 is 0. The third-order valence-electron chi connectivity index (χ3n) is 3.46. The van der Waals surface area contributed by atoms with Gasteiger partial charge in [0.25, 0.3) is 0 Å². The summed E-state index contributed by atoms with van der Waals surface area (Å²) in [5, 5.41) is 12.3. The van der Waals surface area contributed by atoms with Crippen LogP contribution < -0.4 is 5.32 Å². The SMILES string of the molecule is CCC1CN(C(C)CC#N)C(CC)CN1. The minimum absolute atomic E-state index is 0.399. The number of nitrogens with one attached hydrogen (secondary N) is 1. The quantitative estimate of drug-likeness (QED) is 0.766. The fourth-order valence-corrected chi connectivity index (χ4v) is 2.33. The summed E-state index contributed by atoms with van der Waals surface area (Å²) in [7, 11) is 0. The lowest BCUT2D eigenvalue weighted by molar-refractivity contribution is 0.0870. The molecule has 3 unspecified atom stereocenters. The van der Waals surface area contributed by atoms with Crippen molar-refractivity contribution in [2.45, 2.75) is 58.2 Å². The fourth-order valence-electron chi connectivity index (χ4n) is 2.33. The van der Waals surface area contributed by atoms with Gasteiger partial charge in [-0.3, -0.25) is 4.90 Å². The second-order valence-corrected chi connectivity index (χ2v) is 4.48. The minimum atomic E-state index is 0.399. The molecule has 1 heterocycles. The summed E-state index contributed by atoms with van der Waals surface area (Å²) in [6, 6.07) is 3.89. The molecular formula is C12H23N3. The lowest BCUT2D eigenvalue weighted by atomic mass is 10.0. The Morgan fingerprint density at radius 3 is 2.73 bits per heavy atom. The van der Waals surface area contributed by atoms with Gasteiger partial charge in [0.2, 0.25) is 0 Å². The van der Waals surface area contributed by atoms with Crippen LogP contribution in [0.3, 0.4) is 0 Å². The monoisotopic (exact) mass is 209 g/mol. The third kappa shape index (κ3) is 3.19. The summed E-state index contributed by atoms with van der Waals surface area (Å²) in [4.78, 5) is 2.51. The van der Waals surface area contributed by atoms with Crippen LogP contribution >= 0.6 is 0 Å². The largest absolute Gasteiger partial charge is 0.311 e. The van der Waals surface area contributed by atoms with E-state index in [1.807, 2.05) is 0 Å². The highest BCUT2D eigenvalue weighted by Crippen LogP contribution is 2.16. The maximum atomic E-state index is 8.76. The molecule has 1 N–H and O–H groups in total. The molecule has 3 atom stereocenters. The van der Waals surface area contributed by atoms with Gasteiger partial charge in [0.05, 0.1) is 12.5 Å². The van der Waals surface area contributed by atoms with Crippen LogP contribution in [0.4, 0.5) is 0 Å². The molecule has 15 heavy (non-hydrogen) atoms. The number of nitrogens with zero attached hydrogens (tertiary/aromatic N) is 2. The number of hydrogen-bond donors (Lipinski definition) is 1. The number of nitriles is 1. The van der Waals surface area contributed by atoms with E-state index >= 15 is 0 Å². The zero-order chi connectivity index (χ0) is 11.3. The molecule has 0 amide bonds. The van der Waals surface area contributed by atoms with Crippen molar-refractivity contribution >= 4 is 0 Å². The van der Waals surface area contributed by atoms with E-state index in [0.717, 1.165) is 13.1 Å². The molecule has 0 radical (unpaired) electrons. The first kappa shape index (κ1) is 12.5. The normalized spacial score (nSPS) is 29.7. The smallest absolute Gasteiger partial charge is 0.0638 e. The van der Waals surface area contributed by atoms with Crippen molar-refractivity contribution in [3.8, 4) is 6.07 Å². The standard InChI is InChI=1S/C12H23N3/c1-4-11-9-15(10(3)6-7-13)12(5-2)8-14-11/h10-12,14H,4-6,8-9H2,1-3H3. The first-order chi connectivity index (χ1) is 7.22. The number of hydrogen-bond acceptors (Lipinski definition) is 3. The van der Waals surface area contributed by atoms with Crippen molar-refractivity contribution in [3.63, 3.8) is 0 Å². The lowest BCUT2D eigenvalue weighted by Gasteiger charge is -2.42. The summed E-state index contributed by atoms with van der Waals surface area (Å²) in [6.45, 7) is 8.79. The zero-order valence-corrected chi connectivity index (χ0v) is 10.2. The first-order valence-corrected chi connectivity index (χ1v) is 6.08. The molecular weight excluding hydrogens is 186 g/mol. The van der Waals surface area contributed by atoms with Gasteiger partial charge >= 0.3 is 0 Å². The van der Waals surface area contributed by atoms with Gasteiger partial charge in [0, 0.05) is 31.2 Å². The van der Waals surface area contributed by atoms with E-state index in [2.05, 4.69) is 37.1 Å². The summed E-state index contributed by atoms with van der Waals surface area (Å²) in [5.41, 5.74) is 0. The van der Waals surface area contributed by atoms with E-state index in [1.165, 1.54) is 12.8 Å². The van der Waals surface area contributed by atoms with Crippen LogP contribution in [0.5, 0.6) is 0 Å². The highest BCUT2D eigenvalue weighted by Gasteiger charge is 2.28. The topological polar surface area (TPSA) is 39.1 Å². The van der Waals surface area contributed by atoms with Crippen LogP contribution in [-0.2, 0) is 0 Å². The molecule has 0 aromatic carbocycles. The predicted octanol–water partition coefficient (Wildman–Crippen LogP) is 1.75. The van der Waals surface area contributed by atoms with Gasteiger partial charge in [-0.15, -0.1) is 0 Å². The highest BCUT2D eigenvalue weighted by atomic mass is 15.2. The van der Waals surface area contributed by atoms with Gasteiger partial charge in [-0.25, -0.2) is 0 Å². The minimum Gasteiger partial charge on any atom is -0.311 e. The molecule has 3 nitrogen and oxygen atoms in total. The fraction of sp³-hybridized carbons (Fsp3) is 0.917. The Kier molecular flexibility index (Phi) is 5.07. The van der Waals surface area contributed by atoms with Gasteiger partial charge < -0.3 is 5.32 Å². The van der Waals surface area contributed by atoms with Crippen LogP contribution in [0.15, 0.2) is 0 Å². The summed E-state index contributed by atoms with van der Waals surface area (Å²) in [6.07, 6.45) is 2.98. The molecule has 1 fully saturated rings. The molecule has 0 spiro atoms. The molecule has 0 bridgehead atoms. The maximum Gasteiger partial charge on any atom is 0.0638 e. The first-order valence-electron chi connectivity index (χ1n) is 6.08. The van der Waals surface area contributed by atoms with Crippen LogP contribution in [0.25, 0.3) is 0 Å². The van der Waals surface area contributed by atoms with E-state index < -0.39 is 0 Å². The van der Waals surface area contributed by atoms with Gasteiger partial charge in [0.1, 0.15) is 0 Å². The summed E-state index contributed by atoms with van der Waals surface area (Å²) in [5.74, 6) is 0. The Bertz CT molecular complexity index is 221. The Hall–Kier alpha value is -0.590. The van der Waals surface area contributed by atoms with Crippen LogP contribution in [0, 0.1) is 11.3 Å². The molecule has 86 valence electrons. The Morgan fingerprint density at radius 1 is 1.47 bits per heavy atom. The molecule has 0 aliphatic carbocycles. The molecule has 0 aromatic heterocycles. The molecule has 0 saturated carbocycles. The molecule has 0 aromatic rings. The van der Waals surface area contributed by atoms with Crippen LogP contribution in [0.1, 0.15) is 40.0 Å². The van der Waals surface area contributed by atoms with E-state index in [0.29, 0.717) is 24.5 Å². The molecule has 1 aliphatic heterocycles. The average Bonchev–Trinajstić information content (AvgIpc) is 2.28. The van der Waals surface area contributed by atoms with Crippen molar-refractivity contribution in [3.05, 3.63) is 0 Å². The van der Waals surface area contributed by atoms with Gasteiger partial charge in [-0.2, -0.15) is 5.26 Å². The van der Waals surface area contributed by atoms with Crippen molar-refractivity contribution in [2.24, 2.45) is 0 Å². The number of piperazine rings is 1. The van der Waals surface area contributed by atoms with E-state index in [4.69, 9.17) is 5.26 Å². The van der Waals surface area contributed by atoms with E-state index in [-0.39, 0.29) is 0 Å². The predicted molar refractivity (Wildman–Crippen MR) is 62.6 cm³/mol. The van der Waals surface area contributed by atoms with Crippen molar-refractivity contribution in [2.75, 3.05) is 13.1 Å². The Labute approximate surface area is 93.5 Å².